The van der Waals surface area contributed by atoms with Crippen LogP contribution in [0.1, 0.15) is 15.9 Å². The van der Waals surface area contributed by atoms with Crippen LogP contribution in [0.3, 0.4) is 0 Å². The first-order valence-electron chi connectivity index (χ1n) is 10.1. The van der Waals surface area contributed by atoms with Gasteiger partial charge in [0.2, 0.25) is 0 Å². The molecule has 6 N–H and O–H groups in total. The van der Waals surface area contributed by atoms with Crippen LogP contribution >= 0.6 is 0 Å². The second-order valence-electron chi connectivity index (χ2n) is 6.81. The van der Waals surface area contributed by atoms with Crippen LogP contribution in [-0.4, -0.2) is 11.8 Å². The third kappa shape index (κ3) is 6.51. The number of nitrogens with two attached hydrogens (primary N) is 2. The van der Waals surface area contributed by atoms with Gasteiger partial charge in [-0.25, -0.2) is 16.5 Å². The fourth-order valence-electron chi connectivity index (χ4n) is 3.04. The second-order valence-corrected chi connectivity index (χ2v) is 6.81. The minimum absolute atomic E-state index is 0.0163. The van der Waals surface area contributed by atoms with Crippen LogP contribution in [0.2, 0.25) is 0 Å². The van der Waals surface area contributed by atoms with Crippen molar-refractivity contribution in [3.05, 3.63) is 120 Å². The Hall–Kier alpha value is -4.46. The number of hydrazine groups is 2. The Morgan fingerprint density at radius 2 is 1.21 bits per heavy atom. The molecule has 0 aliphatic rings. The molecule has 0 atom stereocenters. The lowest BCUT2D eigenvalue weighted by Gasteiger charge is -2.12. The Balaban J connectivity index is 0.000000454. The number of ketones is 1. The number of ether oxygens (including phenoxy) is 1. The average molecular weight is 441 g/mol. The molecule has 4 rings (SSSR count). The van der Waals surface area contributed by atoms with Crippen LogP contribution in [0, 0.1) is 0 Å². The number of rotatable bonds is 5. The molecule has 33 heavy (non-hydrogen) atoms. The number of hydrogen-bond donors (Lipinski definition) is 4. The molecule has 7 heteroatoms. The molecule has 0 spiro atoms. The molecule has 166 valence electrons. The normalized spacial score (nSPS) is 9.76. The summed E-state index contributed by atoms with van der Waals surface area (Å²) in [6, 6.07) is 34.0. The van der Waals surface area contributed by atoms with Gasteiger partial charge < -0.3 is 4.74 Å². The molecule has 0 heterocycles. The van der Waals surface area contributed by atoms with Crippen molar-refractivity contribution < 1.29 is 14.3 Å². The minimum atomic E-state index is -0.602. The van der Waals surface area contributed by atoms with E-state index < -0.39 is 6.03 Å². The predicted molar refractivity (Wildman–Crippen MR) is 128 cm³/mol. The Bertz CT molecular complexity index is 1190. The van der Waals surface area contributed by atoms with E-state index in [2.05, 4.69) is 23.8 Å². The van der Waals surface area contributed by atoms with Gasteiger partial charge in [-0.3, -0.25) is 15.6 Å². The summed E-state index contributed by atoms with van der Waals surface area (Å²) < 4.78 is 6.14. The molecule has 0 aliphatic carbocycles. The van der Waals surface area contributed by atoms with E-state index >= 15 is 0 Å². The van der Waals surface area contributed by atoms with Crippen molar-refractivity contribution >= 4 is 11.8 Å². The molecule has 0 unspecified atom stereocenters. The van der Waals surface area contributed by atoms with Gasteiger partial charge in [-0.05, 0) is 23.8 Å². The van der Waals surface area contributed by atoms with Gasteiger partial charge in [0.1, 0.15) is 11.5 Å². The first-order valence-corrected chi connectivity index (χ1v) is 10.1. The van der Waals surface area contributed by atoms with Crippen molar-refractivity contribution in [1.82, 2.24) is 10.9 Å². The van der Waals surface area contributed by atoms with Crippen LogP contribution in [0.5, 0.6) is 11.5 Å². The van der Waals surface area contributed by atoms with Crippen LogP contribution in [0.15, 0.2) is 109 Å². The smallest absolute Gasteiger partial charge is 0.343 e. The van der Waals surface area contributed by atoms with E-state index in [1.165, 1.54) is 0 Å². The van der Waals surface area contributed by atoms with E-state index in [-0.39, 0.29) is 5.78 Å². The number of amides is 2. The number of benzene rings is 4. The molecule has 0 fully saturated rings. The zero-order chi connectivity index (χ0) is 23.5. The third-order valence-electron chi connectivity index (χ3n) is 4.59. The van der Waals surface area contributed by atoms with Gasteiger partial charge in [0.15, 0.2) is 5.78 Å². The van der Waals surface area contributed by atoms with Crippen molar-refractivity contribution in [2.24, 2.45) is 11.7 Å². The maximum Gasteiger partial charge on any atom is 0.343 e. The Morgan fingerprint density at radius 3 is 1.85 bits per heavy atom. The highest BCUT2D eigenvalue weighted by atomic mass is 16.5. The predicted octanol–water partition coefficient (Wildman–Crippen LogP) is 4.41. The standard InChI is InChI=1S/C25H18O2.CH6N4O/c26-25(20-12-5-2-6-13-20)21-14-9-15-22(18-21)27-24-17-8-7-16-23(24)19-10-3-1-4-11-19;2-4-1(6)5-3/h1-18H;2-3H2,(H2,4,5,6). The number of carbonyl (C=O) groups excluding carboxylic acids is 2. The topological polar surface area (TPSA) is 119 Å². The molecular weight excluding hydrogens is 416 g/mol. The van der Waals surface area contributed by atoms with Gasteiger partial charge in [-0.2, -0.15) is 0 Å². The van der Waals surface area contributed by atoms with Gasteiger partial charge in [0.05, 0.1) is 0 Å². The summed E-state index contributed by atoms with van der Waals surface area (Å²) in [6.45, 7) is 0. The summed E-state index contributed by atoms with van der Waals surface area (Å²) in [4.78, 5) is 22.4. The molecule has 4 aromatic carbocycles. The number of para-hydroxylation sites is 1. The van der Waals surface area contributed by atoms with E-state index in [0.717, 1.165) is 16.9 Å². The van der Waals surface area contributed by atoms with Gasteiger partial charge >= 0.3 is 6.03 Å². The van der Waals surface area contributed by atoms with Crippen molar-refractivity contribution in [2.45, 2.75) is 0 Å². The average Bonchev–Trinajstić information content (AvgIpc) is 2.89. The summed E-state index contributed by atoms with van der Waals surface area (Å²) in [5.74, 6) is 10.5. The van der Waals surface area contributed by atoms with Crippen molar-refractivity contribution in [3.63, 3.8) is 0 Å². The Labute approximate surface area is 191 Å². The van der Waals surface area contributed by atoms with Crippen LogP contribution in [0.25, 0.3) is 11.1 Å². The minimum Gasteiger partial charge on any atom is -0.457 e. The van der Waals surface area contributed by atoms with Crippen LogP contribution in [-0.2, 0) is 0 Å². The highest BCUT2D eigenvalue weighted by Crippen LogP contribution is 2.33. The highest BCUT2D eigenvalue weighted by Gasteiger charge is 2.11. The van der Waals surface area contributed by atoms with Crippen LogP contribution < -0.4 is 27.3 Å². The lowest BCUT2D eigenvalue weighted by molar-refractivity contribution is 0.103. The largest absolute Gasteiger partial charge is 0.457 e. The van der Waals surface area contributed by atoms with Crippen LogP contribution in [0.4, 0.5) is 4.79 Å². The monoisotopic (exact) mass is 440 g/mol. The number of carbonyl (C=O) groups is 2. The van der Waals surface area contributed by atoms with Crippen molar-refractivity contribution in [3.8, 4) is 22.6 Å². The molecule has 0 aliphatic heterocycles. The summed E-state index contributed by atoms with van der Waals surface area (Å²) in [5.41, 5.74) is 6.85. The van der Waals surface area contributed by atoms with E-state index in [1.54, 1.807) is 16.9 Å². The summed E-state index contributed by atoms with van der Waals surface area (Å²) in [5, 5.41) is 0. The summed E-state index contributed by atoms with van der Waals surface area (Å²) >= 11 is 0. The fraction of sp³-hybridized carbons (Fsp3) is 0. The van der Waals surface area contributed by atoms with E-state index in [4.69, 9.17) is 4.74 Å². The van der Waals surface area contributed by atoms with E-state index in [9.17, 15) is 9.59 Å². The maximum atomic E-state index is 12.7. The molecule has 0 radical (unpaired) electrons. The molecule has 2 amide bonds. The first kappa shape index (κ1) is 23.2. The van der Waals surface area contributed by atoms with Gasteiger partial charge in [0.25, 0.3) is 0 Å². The van der Waals surface area contributed by atoms with E-state index in [0.29, 0.717) is 16.9 Å². The van der Waals surface area contributed by atoms with Gasteiger partial charge in [-0.15, -0.1) is 0 Å². The third-order valence-corrected chi connectivity index (χ3v) is 4.59. The molecule has 0 aromatic heterocycles. The lowest BCUT2D eigenvalue weighted by atomic mass is 10.0. The Morgan fingerprint density at radius 1 is 0.636 bits per heavy atom. The molecule has 0 bridgehead atoms. The zero-order valence-electron chi connectivity index (χ0n) is 17.8. The summed E-state index contributed by atoms with van der Waals surface area (Å²) in [7, 11) is 0. The highest BCUT2D eigenvalue weighted by molar-refractivity contribution is 6.09. The molecule has 0 saturated heterocycles. The van der Waals surface area contributed by atoms with Crippen molar-refractivity contribution in [2.75, 3.05) is 0 Å². The molecule has 0 saturated carbocycles. The number of nitrogens with one attached hydrogen (secondary N) is 2. The molecule has 4 aromatic rings. The van der Waals surface area contributed by atoms with Crippen molar-refractivity contribution in [1.29, 1.82) is 0 Å². The zero-order valence-corrected chi connectivity index (χ0v) is 17.8. The van der Waals surface area contributed by atoms with Gasteiger partial charge in [0, 0.05) is 16.7 Å². The number of urea groups is 1. The summed E-state index contributed by atoms with van der Waals surface area (Å²) in [6.07, 6.45) is 0. The van der Waals surface area contributed by atoms with Gasteiger partial charge in [-0.1, -0.05) is 91.0 Å². The molecular formula is C26H24N4O3. The fourth-order valence-corrected chi connectivity index (χ4v) is 3.04. The lowest BCUT2D eigenvalue weighted by Crippen LogP contribution is -2.43. The quantitative estimate of drug-likeness (QED) is 0.159. The first-order chi connectivity index (χ1) is 16.1. The number of hydrogen-bond acceptors (Lipinski definition) is 5. The SMILES string of the molecule is NNC(=O)NN.O=C(c1ccccc1)c1cccc(Oc2ccccc2-c2ccccc2)c1. The molecule has 7 nitrogen and oxygen atoms in total. The van der Waals surface area contributed by atoms with E-state index in [1.807, 2.05) is 91.0 Å². The Kier molecular flexibility index (Phi) is 8.30. The second kappa shape index (κ2) is 11.8. The maximum absolute atomic E-state index is 12.7.